The lowest BCUT2D eigenvalue weighted by Gasteiger charge is -2.33. The molecular formula is C18H27ClF2N2O3. The normalized spacial score (nSPS) is 25.8. The topological polar surface area (TPSA) is 51.8 Å². The second-order valence-electron chi connectivity index (χ2n) is 6.57. The molecule has 0 amide bonds. The average molecular weight is 393 g/mol. The SMILES string of the molecule is COc1ccc(OC(F)F)c(CNC2CCCC2C2COCCN2)c1.Cl. The van der Waals surface area contributed by atoms with Crippen LogP contribution in [-0.2, 0) is 11.3 Å². The number of hydrogen-bond acceptors (Lipinski definition) is 5. The molecule has 0 aromatic heterocycles. The number of hydrogen-bond donors (Lipinski definition) is 2. The van der Waals surface area contributed by atoms with Gasteiger partial charge in [-0.3, -0.25) is 0 Å². The lowest BCUT2D eigenvalue weighted by Crippen LogP contribution is -2.50. The number of benzene rings is 1. The van der Waals surface area contributed by atoms with Crippen LogP contribution in [-0.4, -0.2) is 45.6 Å². The highest BCUT2D eigenvalue weighted by molar-refractivity contribution is 5.85. The van der Waals surface area contributed by atoms with Crippen LogP contribution in [0.2, 0.25) is 0 Å². The largest absolute Gasteiger partial charge is 0.497 e. The highest BCUT2D eigenvalue weighted by atomic mass is 35.5. The first kappa shape index (κ1) is 21.2. The van der Waals surface area contributed by atoms with Gasteiger partial charge in [0, 0.05) is 30.7 Å². The highest BCUT2D eigenvalue weighted by Gasteiger charge is 2.34. The zero-order chi connectivity index (χ0) is 17.6. The number of nitrogens with one attached hydrogen (secondary N) is 2. The van der Waals surface area contributed by atoms with Gasteiger partial charge in [0.1, 0.15) is 11.5 Å². The van der Waals surface area contributed by atoms with Gasteiger partial charge in [-0.2, -0.15) is 8.78 Å². The first-order valence-electron chi connectivity index (χ1n) is 8.83. The van der Waals surface area contributed by atoms with E-state index >= 15 is 0 Å². The summed E-state index contributed by atoms with van der Waals surface area (Å²) < 4.78 is 40.7. The van der Waals surface area contributed by atoms with Gasteiger partial charge < -0.3 is 24.8 Å². The molecule has 148 valence electrons. The zero-order valence-electron chi connectivity index (χ0n) is 14.9. The molecule has 1 aromatic rings. The van der Waals surface area contributed by atoms with Crippen molar-refractivity contribution in [3.63, 3.8) is 0 Å². The van der Waals surface area contributed by atoms with Crippen LogP contribution in [0.1, 0.15) is 24.8 Å². The first-order valence-corrected chi connectivity index (χ1v) is 8.83. The van der Waals surface area contributed by atoms with Gasteiger partial charge in [-0.15, -0.1) is 12.4 Å². The number of rotatable bonds is 7. The summed E-state index contributed by atoms with van der Waals surface area (Å²) in [6.45, 7) is 0.0145. The van der Waals surface area contributed by atoms with Crippen molar-refractivity contribution in [1.82, 2.24) is 10.6 Å². The Kier molecular flexibility index (Phi) is 8.34. The Morgan fingerprint density at radius 2 is 2.19 bits per heavy atom. The molecule has 0 bridgehead atoms. The average Bonchev–Trinajstić information content (AvgIpc) is 3.09. The number of methoxy groups -OCH3 is 1. The molecule has 2 N–H and O–H groups in total. The number of ether oxygens (including phenoxy) is 3. The summed E-state index contributed by atoms with van der Waals surface area (Å²) in [5, 5.41) is 7.07. The van der Waals surface area contributed by atoms with E-state index in [1.807, 2.05) is 0 Å². The lowest BCUT2D eigenvalue weighted by molar-refractivity contribution is -0.0505. The Morgan fingerprint density at radius 1 is 1.35 bits per heavy atom. The molecule has 1 aromatic carbocycles. The third-order valence-electron chi connectivity index (χ3n) is 5.07. The molecule has 1 aliphatic carbocycles. The molecule has 26 heavy (non-hydrogen) atoms. The minimum Gasteiger partial charge on any atom is -0.497 e. The van der Waals surface area contributed by atoms with Gasteiger partial charge in [0.2, 0.25) is 0 Å². The molecule has 3 unspecified atom stereocenters. The van der Waals surface area contributed by atoms with Gasteiger partial charge in [0.15, 0.2) is 0 Å². The fourth-order valence-electron chi connectivity index (χ4n) is 3.86. The molecular weight excluding hydrogens is 366 g/mol. The van der Waals surface area contributed by atoms with Gasteiger partial charge in [-0.1, -0.05) is 6.42 Å². The van der Waals surface area contributed by atoms with Crippen LogP contribution < -0.4 is 20.1 Å². The Morgan fingerprint density at radius 3 is 2.88 bits per heavy atom. The third-order valence-corrected chi connectivity index (χ3v) is 5.07. The van der Waals surface area contributed by atoms with Crippen molar-refractivity contribution in [1.29, 1.82) is 0 Å². The standard InChI is InChI=1S/C18H26F2N2O3.ClH/c1-23-13-5-6-17(25-18(19)20)12(9-13)10-22-15-4-2-3-14(15)16-11-24-8-7-21-16;/h5-6,9,14-16,18,21-22H,2-4,7-8,10-11H2,1H3;1H. The molecule has 0 radical (unpaired) electrons. The maximum atomic E-state index is 12.6. The minimum absolute atomic E-state index is 0. The number of alkyl halides is 2. The molecule has 2 aliphatic rings. The predicted molar refractivity (Wildman–Crippen MR) is 97.5 cm³/mol. The molecule has 1 aliphatic heterocycles. The van der Waals surface area contributed by atoms with Crippen molar-refractivity contribution < 1.29 is 23.0 Å². The summed E-state index contributed by atoms with van der Waals surface area (Å²) in [6, 6.07) is 5.60. The number of morpholine rings is 1. The van der Waals surface area contributed by atoms with E-state index in [1.54, 1.807) is 19.2 Å². The van der Waals surface area contributed by atoms with Crippen LogP contribution in [0.15, 0.2) is 18.2 Å². The van der Waals surface area contributed by atoms with Gasteiger partial charge >= 0.3 is 6.61 Å². The Balaban J connectivity index is 0.00000243. The predicted octanol–water partition coefficient (Wildman–Crippen LogP) is 2.97. The molecule has 2 fully saturated rings. The van der Waals surface area contributed by atoms with Crippen molar-refractivity contribution in [2.24, 2.45) is 5.92 Å². The van der Waals surface area contributed by atoms with Gasteiger partial charge in [0.25, 0.3) is 0 Å². The molecule has 0 spiro atoms. The molecule has 3 rings (SSSR count). The fraction of sp³-hybridized carbons (Fsp3) is 0.667. The molecule has 1 saturated carbocycles. The van der Waals surface area contributed by atoms with Gasteiger partial charge in [-0.05, 0) is 37.0 Å². The Labute approximate surface area is 159 Å². The van der Waals surface area contributed by atoms with Gasteiger partial charge in [-0.25, -0.2) is 0 Å². The van der Waals surface area contributed by atoms with Crippen molar-refractivity contribution in [2.45, 2.75) is 44.5 Å². The summed E-state index contributed by atoms with van der Waals surface area (Å²) >= 11 is 0. The maximum absolute atomic E-state index is 12.6. The van der Waals surface area contributed by atoms with E-state index in [4.69, 9.17) is 9.47 Å². The van der Waals surface area contributed by atoms with Crippen LogP contribution in [0, 0.1) is 5.92 Å². The van der Waals surface area contributed by atoms with E-state index in [-0.39, 0.29) is 18.2 Å². The quantitative estimate of drug-likeness (QED) is 0.747. The second kappa shape index (κ2) is 10.3. The lowest BCUT2D eigenvalue weighted by atomic mass is 9.94. The minimum atomic E-state index is -2.84. The summed E-state index contributed by atoms with van der Waals surface area (Å²) in [5.41, 5.74) is 0.679. The van der Waals surface area contributed by atoms with Crippen LogP contribution in [0.5, 0.6) is 11.5 Å². The van der Waals surface area contributed by atoms with E-state index in [9.17, 15) is 8.78 Å². The fourth-order valence-corrected chi connectivity index (χ4v) is 3.86. The zero-order valence-corrected chi connectivity index (χ0v) is 15.7. The van der Waals surface area contributed by atoms with Crippen LogP contribution in [0.25, 0.3) is 0 Å². The molecule has 1 heterocycles. The van der Waals surface area contributed by atoms with E-state index in [1.165, 1.54) is 12.5 Å². The van der Waals surface area contributed by atoms with E-state index in [2.05, 4.69) is 15.4 Å². The van der Waals surface area contributed by atoms with E-state index in [0.29, 0.717) is 35.9 Å². The monoisotopic (exact) mass is 392 g/mol. The first-order chi connectivity index (χ1) is 12.2. The van der Waals surface area contributed by atoms with Crippen molar-refractivity contribution >= 4 is 12.4 Å². The van der Waals surface area contributed by atoms with E-state index in [0.717, 1.165) is 32.6 Å². The van der Waals surface area contributed by atoms with Crippen molar-refractivity contribution in [3.05, 3.63) is 23.8 Å². The number of halogens is 3. The third kappa shape index (κ3) is 5.42. The Bertz CT molecular complexity index is 559. The molecule has 1 saturated heterocycles. The summed E-state index contributed by atoms with van der Waals surface area (Å²) in [6.07, 6.45) is 3.40. The van der Waals surface area contributed by atoms with Crippen LogP contribution in [0.3, 0.4) is 0 Å². The maximum Gasteiger partial charge on any atom is 0.387 e. The van der Waals surface area contributed by atoms with Crippen LogP contribution >= 0.6 is 12.4 Å². The van der Waals surface area contributed by atoms with Crippen molar-refractivity contribution in [3.8, 4) is 11.5 Å². The van der Waals surface area contributed by atoms with E-state index < -0.39 is 6.61 Å². The Hall–Kier alpha value is -1.15. The molecule has 5 nitrogen and oxygen atoms in total. The van der Waals surface area contributed by atoms with Crippen molar-refractivity contribution in [2.75, 3.05) is 26.9 Å². The summed E-state index contributed by atoms with van der Waals surface area (Å²) in [7, 11) is 1.56. The highest BCUT2D eigenvalue weighted by Crippen LogP contribution is 2.31. The molecule has 3 atom stereocenters. The summed E-state index contributed by atoms with van der Waals surface area (Å²) in [5.74, 6) is 1.31. The smallest absolute Gasteiger partial charge is 0.387 e. The van der Waals surface area contributed by atoms with Gasteiger partial charge in [0.05, 0.1) is 20.3 Å². The second-order valence-corrected chi connectivity index (χ2v) is 6.57. The molecule has 8 heteroatoms. The summed E-state index contributed by atoms with van der Waals surface area (Å²) in [4.78, 5) is 0. The van der Waals surface area contributed by atoms with Crippen LogP contribution in [0.4, 0.5) is 8.78 Å².